The molecule has 7 nitrogen and oxygen atoms in total. The Morgan fingerprint density at radius 3 is 2.26 bits per heavy atom. The van der Waals surface area contributed by atoms with E-state index >= 15 is 0 Å². The van der Waals surface area contributed by atoms with Gasteiger partial charge in [-0.3, -0.25) is 4.90 Å². The van der Waals surface area contributed by atoms with E-state index in [1.807, 2.05) is 29.2 Å². The number of carbonyl (C=O) groups excluding carboxylic acids is 1. The van der Waals surface area contributed by atoms with E-state index in [0.29, 0.717) is 38.5 Å². The Morgan fingerprint density at radius 1 is 1.03 bits per heavy atom. The lowest BCUT2D eigenvalue weighted by Crippen LogP contribution is -2.53. The third kappa shape index (κ3) is 5.72. The number of aromatic nitrogens is 1. The molecule has 1 N–H and O–H groups in total. The number of alkyl halides is 3. The lowest BCUT2D eigenvalue weighted by atomic mass is 10.1. The normalized spacial score (nSPS) is 18.1. The first-order valence-electron chi connectivity index (χ1n) is 11.5. The lowest BCUT2D eigenvalue weighted by molar-refractivity contribution is -0.137. The quantitative estimate of drug-likeness (QED) is 0.686. The SMILES string of the molecule is COc1ccc(C(CNC(=O)N2CCN(c3ccc(C(F)(F)F)cn3)CC2)N2CCCC2)cc1. The van der Waals surface area contributed by atoms with Crippen LogP contribution in [0.2, 0.25) is 0 Å². The number of ether oxygens (including phenoxy) is 1. The van der Waals surface area contributed by atoms with Crippen LogP contribution in [0.5, 0.6) is 5.75 Å². The Kier molecular flexibility index (Phi) is 7.45. The summed E-state index contributed by atoms with van der Waals surface area (Å²) in [7, 11) is 1.64. The van der Waals surface area contributed by atoms with Crippen molar-refractivity contribution in [2.45, 2.75) is 25.1 Å². The van der Waals surface area contributed by atoms with Crippen LogP contribution in [-0.2, 0) is 6.18 Å². The highest BCUT2D eigenvalue weighted by molar-refractivity contribution is 5.74. The van der Waals surface area contributed by atoms with E-state index in [1.54, 1.807) is 12.0 Å². The van der Waals surface area contributed by atoms with Crippen LogP contribution in [0.4, 0.5) is 23.8 Å². The van der Waals surface area contributed by atoms with Gasteiger partial charge in [0.1, 0.15) is 11.6 Å². The van der Waals surface area contributed by atoms with Crippen LogP contribution in [0.15, 0.2) is 42.6 Å². The standard InChI is InChI=1S/C24H30F3N5O2/c1-34-20-7-4-18(5-8-20)21(30-10-2-3-11-30)17-29-23(33)32-14-12-31(13-15-32)22-9-6-19(16-28-22)24(25,26)27/h4-9,16,21H,2-3,10-15,17H2,1H3,(H,29,33). The van der Waals surface area contributed by atoms with Crippen molar-refractivity contribution in [2.75, 3.05) is 57.8 Å². The second-order valence-electron chi connectivity index (χ2n) is 8.60. The molecule has 0 saturated carbocycles. The van der Waals surface area contributed by atoms with Crippen LogP contribution in [-0.4, -0.2) is 73.7 Å². The van der Waals surface area contributed by atoms with Gasteiger partial charge in [0.2, 0.25) is 0 Å². The number of anilines is 1. The number of amides is 2. The number of pyridine rings is 1. The first-order valence-corrected chi connectivity index (χ1v) is 11.5. The number of likely N-dealkylation sites (tertiary alicyclic amines) is 1. The number of piperazine rings is 1. The van der Waals surface area contributed by atoms with Gasteiger partial charge in [-0.25, -0.2) is 9.78 Å². The molecule has 34 heavy (non-hydrogen) atoms. The van der Waals surface area contributed by atoms with Gasteiger partial charge < -0.3 is 19.9 Å². The summed E-state index contributed by atoms with van der Waals surface area (Å²) < 4.78 is 43.5. The maximum absolute atomic E-state index is 12.9. The Bertz CT molecular complexity index is 939. The molecule has 0 aliphatic carbocycles. The topological polar surface area (TPSA) is 60.9 Å². The smallest absolute Gasteiger partial charge is 0.417 e. The van der Waals surface area contributed by atoms with Crippen molar-refractivity contribution in [3.05, 3.63) is 53.7 Å². The van der Waals surface area contributed by atoms with Crippen molar-refractivity contribution in [3.8, 4) is 5.75 Å². The number of benzene rings is 1. The minimum absolute atomic E-state index is 0.0926. The molecular weight excluding hydrogens is 447 g/mol. The van der Waals surface area contributed by atoms with Crippen molar-refractivity contribution < 1.29 is 22.7 Å². The summed E-state index contributed by atoms with van der Waals surface area (Å²) in [5.74, 6) is 1.29. The van der Waals surface area contributed by atoms with Gasteiger partial charge in [0.05, 0.1) is 18.7 Å². The highest BCUT2D eigenvalue weighted by atomic mass is 19.4. The van der Waals surface area contributed by atoms with Gasteiger partial charge in [0, 0.05) is 38.9 Å². The Balaban J connectivity index is 1.31. The predicted octanol–water partition coefficient (Wildman–Crippen LogP) is 3.78. The summed E-state index contributed by atoms with van der Waals surface area (Å²) in [4.78, 5) is 22.9. The summed E-state index contributed by atoms with van der Waals surface area (Å²) in [6, 6.07) is 10.4. The number of carbonyl (C=O) groups is 1. The largest absolute Gasteiger partial charge is 0.497 e. The first-order chi connectivity index (χ1) is 16.3. The number of hydrogen-bond donors (Lipinski definition) is 1. The van der Waals surface area contributed by atoms with Gasteiger partial charge in [-0.2, -0.15) is 13.2 Å². The number of methoxy groups -OCH3 is 1. The van der Waals surface area contributed by atoms with E-state index in [0.717, 1.165) is 49.5 Å². The zero-order valence-electron chi connectivity index (χ0n) is 19.2. The van der Waals surface area contributed by atoms with Crippen molar-refractivity contribution in [3.63, 3.8) is 0 Å². The molecule has 0 spiro atoms. The fraction of sp³-hybridized carbons (Fsp3) is 0.500. The molecule has 1 aromatic heterocycles. The molecule has 2 aromatic rings. The van der Waals surface area contributed by atoms with Gasteiger partial charge in [-0.05, 0) is 55.8 Å². The zero-order chi connectivity index (χ0) is 24.1. The van der Waals surface area contributed by atoms with Gasteiger partial charge in [0.15, 0.2) is 0 Å². The Labute approximate surface area is 197 Å². The fourth-order valence-electron chi connectivity index (χ4n) is 4.51. The Morgan fingerprint density at radius 2 is 1.71 bits per heavy atom. The molecule has 2 fully saturated rings. The Hall–Kier alpha value is -3.01. The van der Waals surface area contributed by atoms with E-state index in [4.69, 9.17) is 4.74 Å². The summed E-state index contributed by atoms with van der Waals surface area (Å²) in [6.45, 7) is 4.50. The van der Waals surface area contributed by atoms with Gasteiger partial charge in [0.25, 0.3) is 0 Å². The van der Waals surface area contributed by atoms with Crippen molar-refractivity contribution in [1.29, 1.82) is 0 Å². The molecule has 0 radical (unpaired) electrons. The molecule has 2 saturated heterocycles. The van der Waals surface area contributed by atoms with Crippen LogP contribution in [0.25, 0.3) is 0 Å². The summed E-state index contributed by atoms with van der Waals surface area (Å²) in [5, 5.41) is 3.09. The van der Waals surface area contributed by atoms with Gasteiger partial charge >= 0.3 is 12.2 Å². The van der Waals surface area contributed by atoms with Gasteiger partial charge in [-0.15, -0.1) is 0 Å². The van der Waals surface area contributed by atoms with E-state index < -0.39 is 11.7 Å². The third-order valence-electron chi connectivity index (χ3n) is 6.49. The third-order valence-corrected chi connectivity index (χ3v) is 6.49. The second kappa shape index (κ2) is 10.5. The van der Waals surface area contributed by atoms with Gasteiger partial charge in [-0.1, -0.05) is 12.1 Å². The molecule has 1 aromatic carbocycles. The molecule has 2 aliphatic rings. The number of nitrogens with one attached hydrogen (secondary N) is 1. The highest BCUT2D eigenvalue weighted by Gasteiger charge is 2.31. The molecule has 0 bridgehead atoms. The predicted molar refractivity (Wildman–Crippen MR) is 123 cm³/mol. The van der Waals surface area contributed by atoms with E-state index in [2.05, 4.69) is 15.2 Å². The van der Waals surface area contributed by atoms with Crippen LogP contribution in [0.3, 0.4) is 0 Å². The lowest BCUT2D eigenvalue weighted by Gasteiger charge is -2.36. The number of nitrogens with zero attached hydrogens (tertiary/aromatic N) is 4. The average molecular weight is 478 g/mol. The summed E-state index contributed by atoms with van der Waals surface area (Å²) in [5.41, 5.74) is 0.375. The second-order valence-corrected chi connectivity index (χ2v) is 8.60. The van der Waals surface area contributed by atoms with E-state index in [9.17, 15) is 18.0 Å². The first kappa shape index (κ1) is 24.1. The molecule has 4 rings (SSSR count). The van der Waals surface area contributed by atoms with Crippen LogP contribution in [0, 0.1) is 0 Å². The molecule has 10 heteroatoms. The summed E-state index contributed by atoms with van der Waals surface area (Å²) >= 11 is 0. The molecular formula is C24H30F3N5O2. The minimum Gasteiger partial charge on any atom is -0.497 e. The molecule has 1 unspecified atom stereocenters. The van der Waals surface area contributed by atoms with E-state index in [1.165, 1.54) is 6.07 Å². The molecule has 2 aliphatic heterocycles. The molecule has 2 amide bonds. The van der Waals surface area contributed by atoms with Crippen molar-refractivity contribution in [2.24, 2.45) is 0 Å². The van der Waals surface area contributed by atoms with Crippen LogP contribution < -0.4 is 15.0 Å². The zero-order valence-corrected chi connectivity index (χ0v) is 19.2. The maximum Gasteiger partial charge on any atom is 0.417 e. The number of urea groups is 1. The van der Waals surface area contributed by atoms with Crippen LogP contribution in [0.1, 0.15) is 30.0 Å². The van der Waals surface area contributed by atoms with Crippen molar-refractivity contribution in [1.82, 2.24) is 20.1 Å². The number of halogens is 3. The monoisotopic (exact) mass is 477 g/mol. The maximum atomic E-state index is 12.9. The minimum atomic E-state index is -4.40. The van der Waals surface area contributed by atoms with E-state index in [-0.39, 0.29) is 12.1 Å². The number of rotatable bonds is 6. The highest BCUT2D eigenvalue weighted by Crippen LogP contribution is 2.30. The van der Waals surface area contributed by atoms with Crippen molar-refractivity contribution >= 4 is 11.8 Å². The average Bonchev–Trinajstić information content (AvgIpc) is 3.39. The molecule has 3 heterocycles. The number of hydrogen-bond acceptors (Lipinski definition) is 5. The summed E-state index contributed by atoms with van der Waals surface area (Å²) in [6.07, 6.45) is -1.24. The fourth-order valence-corrected chi connectivity index (χ4v) is 4.51. The molecule has 1 atom stereocenters. The molecule has 184 valence electrons. The van der Waals surface area contributed by atoms with Crippen LogP contribution >= 0.6 is 0 Å².